The molecule has 0 atom stereocenters. The van der Waals surface area contributed by atoms with E-state index >= 15 is 0 Å². The fourth-order valence-electron chi connectivity index (χ4n) is 2.00. The summed E-state index contributed by atoms with van der Waals surface area (Å²) in [7, 11) is 0. The highest BCUT2D eigenvalue weighted by Crippen LogP contribution is 2.34. The maximum absolute atomic E-state index is 12.7. The van der Waals surface area contributed by atoms with Crippen LogP contribution in [0.4, 0.5) is 24.0 Å². The van der Waals surface area contributed by atoms with Crippen molar-refractivity contribution in [1.82, 2.24) is 4.98 Å². The van der Waals surface area contributed by atoms with E-state index < -0.39 is 16.7 Å². The van der Waals surface area contributed by atoms with E-state index in [2.05, 4.69) is 9.98 Å². The number of rotatable bonds is 3. The number of thiazole rings is 1. The summed E-state index contributed by atoms with van der Waals surface area (Å²) in [5.74, 6) is 0. The van der Waals surface area contributed by atoms with E-state index in [0.717, 1.165) is 23.5 Å². The first kappa shape index (κ1) is 16.1. The van der Waals surface area contributed by atoms with Crippen molar-refractivity contribution in [1.29, 1.82) is 0 Å². The topological polar surface area (TPSA) is 68.4 Å². The van der Waals surface area contributed by atoms with Crippen LogP contribution in [0.5, 0.6) is 0 Å². The lowest BCUT2D eigenvalue weighted by atomic mass is 10.2. The van der Waals surface area contributed by atoms with Crippen LogP contribution in [0.2, 0.25) is 0 Å². The standard InChI is InChI=1S/C15H8F3N3O2S/c16-15(17,18)10-4-5-13-12(7-10)20-14(24-13)19-8-9-2-1-3-11(6-9)21(22)23/h1-8H. The summed E-state index contributed by atoms with van der Waals surface area (Å²) in [6.07, 6.45) is -3.04. The number of alkyl halides is 3. The number of halogens is 3. The van der Waals surface area contributed by atoms with E-state index in [-0.39, 0.29) is 16.3 Å². The molecule has 0 radical (unpaired) electrons. The number of aromatic nitrogens is 1. The molecule has 1 heterocycles. The van der Waals surface area contributed by atoms with Crippen molar-refractivity contribution in [2.75, 3.05) is 0 Å². The van der Waals surface area contributed by atoms with Gasteiger partial charge in [0.1, 0.15) is 0 Å². The predicted octanol–water partition coefficient (Wildman–Crippen LogP) is 4.97. The van der Waals surface area contributed by atoms with Gasteiger partial charge in [-0.05, 0) is 23.8 Å². The van der Waals surface area contributed by atoms with Crippen LogP contribution in [0, 0.1) is 10.1 Å². The lowest BCUT2D eigenvalue weighted by Gasteiger charge is -2.04. The summed E-state index contributed by atoms with van der Waals surface area (Å²) < 4.78 is 38.6. The van der Waals surface area contributed by atoms with E-state index in [1.54, 1.807) is 6.07 Å². The van der Waals surface area contributed by atoms with E-state index in [4.69, 9.17) is 0 Å². The summed E-state index contributed by atoms with van der Waals surface area (Å²) in [4.78, 5) is 18.3. The third kappa shape index (κ3) is 3.40. The molecular formula is C15H8F3N3O2S. The summed E-state index contributed by atoms with van der Waals surface area (Å²) in [5, 5.41) is 11.0. The molecule has 0 aliphatic heterocycles. The van der Waals surface area contributed by atoms with Gasteiger partial charge in [0.2, 0.25) is 5.13 Å². The Kier molecular flexibility index (Phi) is 4.02. The number of fused-ring (bicyclic) bond motifs is 1. The number of aliphatic imine (C=N–C) groups is 1. The highest BCUT2D eigenvalue weighted by molar-refractivity contribution is 7.22. The second kappa shape index (κ2) is 6.00. The summed E-state index contributed by atoms with van der Waals surface area (Å²) in [6.45, 7) is 0. The van der Waals surface area contributed by atoms with Crippen LogP contribution in [0.3, 0.4) is 0 Å². The zero-order valence-electron chi connectivity index (χ0n) is 11.8. The zero-order valence-corrected chi connectivity index (χ0v) is 12.6. The number of non-ortho nitro benzene ring substituents is 1. The molecule has 0 aliphatic rings. The van der Waals surface area contributed by atoms with Crippen molar-refractivity contribution in [3.8, 4) is 0 Å². The largest absolute Gasteiger partial charge is 0.416 e. The number of hydrogen-bond acceptors (Lipinski definition) is 5. The first-order valence-corrected chi connectivity index (χ1v) is 7.41. The monoisotopic (exact) mass is 351 g/mol. The third-order valence-corrected chi connectivity index (χ3v) is 4.05. The minimum atomic E-state index is -4.43. The molecule has 122 valence electrons. The number of nitro groups is 1. The molecule has 2 aromatic carbocycles. The second-order valence-corrected chi connectivity index (χ2v) is 5.80. The van der Waals surface area contributed by atoms with Crippen molar-refractivity contribution >= 4 is 38.6 Å². The lowest BCUT2D eigenvalue weighted by Crippen LogP contribution is -2.03. The number of nitro benzene ring substituents is 1. The van der Waals surface area contributed by atoms with Crippen LogP contribution in [-0.2, 0) is 6.18 Å². The van der Waals surface area contributed by atoms with E-state index in [1.807, 2.05) is 0 Å². The van der Waals surface area contributed by atoms with Gasteiger partial charge in [-0.3, -0.25) is 10.1 Å². The molecule has 0 aliphatic carbocycles. The second-order valence-electron chi connectivity index (χ2n) is 4.79. The molecule has 3 aromatic rings. The van der Waals surface area contributed by atoms with Gasteiger partial charge in [0.05, 0.1) is 20.7 Å². The maximum atomic E-state index is 12.7. The van der Waals surface area contributed by atoms with Crippen molar-refractivity contribution in [2.24, 2.45) is 4.99 Å². The number of hydrogen-bond donors (Lipinski definition) is 0. The van der Waals surface area contributed by atoms with Crippen LogP contribution in [0.1, 0.15) is 11.1 Å². The van der Waals surface area contributed by atoms with Crippen LogP contribution in [0.25, 0.3) is 10.2 Å². The van der Waals surface area contributed by atoms with E-state index in [9.17, 15) is 23.3 Å². The van der Waals surface area contributed by atoms with Gasteiger partial charge in [-0.1, -0.05) is 23.5 Å². The quantitative estimate of drug-likeness (QED) is 0.380. The van der Waals surface area contributed by atoms with E-state index in [1.165, 1.54) is 30.5 Å². The number of benzene rings is 2. The normalized spacial score (nSPS) is 12.1. The Morgan fingerprint density at radius 2 is 2.00 bits per heavy atom. The fourth-order valence-corrected chi connectivity index (χ4v) is 2.79. The van der Waals surface area contributed by atoms with E-state index in [0.29, 0.717) is 10.3 Å². The van der Waals surface area contributed by atoms with Crippen molar-refractivity contribution in [2.45, 2.75) is 6.18 Å². The van der Waals surface area contributed by atoms with Crippen molar-refractivity contribution in [3.05, 3.63) is 63.7 Å². The van der Waals surface area contributed by atoms with Gasteiger partial charge >= 0.3 is 6.18 Å². The smallest absolute Gasteiger partial charge is 0.258 e. The van der Waals surface area contributed by atoms with Gasteiger partial charge in [0, 0.05) is 18.3 Å². The lowest BCUT2D eigenvalue weighted by molar-refractivity contribution is -0.384. The van der Waals surface area contributed by atoms with Crippen LogP contribution in [0.15, 0.2) is 47.5 Å². The summed E-state index contributed by atoms with van der Waals surface area (Å²) >= 11 is 1.14. The van der Waals surface area contributed by atoms with Gasteiger partial charge in [0.15, 0.2) is 0 Å². The van der Waals surface area contributed by atoms with Crippen LogP contribution >= 0.6 is 11.3 Å². The molecule has 0 N–H and O–H groups in total. The molecule has 24 heavy (non-hydrogen) atoms. The Balaban J connectivity index is 1.90. The summed E-state index contributed by atoms with van der Waals surface area (Å²) in [5.41, 5.74) is -0.131. The molecule has 0 spiro atoms. The molecule has 1 aromatic heterocycles. The molecule has 0 amide bonds. The molecule has 0 bridgehead atoms. The van der Waals surface area contributed by atoms with Gasteiger partial charge in [-0.25, -0.2) is 9.98 Å². The highest BCUT2D eigenvalue weighted by Gasteiger charge is 2.30. The Hall–Kier alpha value is -2.81. The fraction of sp³-hybridized carbons (Fsp3) is 0.0667. The number of nitrogens with zero attached hydrogens (tertiary/aromatic N) is 3. The Labute approximate surface area is 137 Å². The molecule has 5 nitrogen and oxygen atoms in total. The third-order valence-electron chi connectivity index (χ3n) is 3.11. The Bertz CT molecular complexity index is 951. The molecule has 0 unspecified atom stereocenters. The SMILES string of the molecule is O=[N+]([O-])c1cccc(C=Nc2nc3cc(C(F)(F)F)ccc3s2)c1. The van der Waals surface area contributed by atoms with Crippen molar-refractivity contribution < 1.29 is 18.1 Å². The highest BCUT2D eigenvalue weighted by atomic mass is 32.1. The van der Waals surface area contributed by atoms with Crippen LogP contribution in [-0.4, -0.2) is 16.1 Å². The first-order chi connectivity index (χ1) is 11.3. The first-order valence-electron chi connectivity index (χ1n) is 6.59. The maximum Gasteiger partial charge on any atom is 0.416 e. The van der Waals surface area contributed by atoms with Gasteiger partial charge in [-0.15, -0.1) is 0 Å². The molecule has 0 saturated carbocycles. The Morgan fingerprint density at radius 3 is 2.71 bits per heavy atom. The average molecular weight is 351 g/mol. The minimum absolute atomic E-state index is 0.0712. The minimum Gasteiger partial charge on any atom is -0.258 e. The average Bonchev–Trinajstić information content (AvgIpc) is 2.94. The predicted molar refractivity (Wildman–Crippen MR) is 85.0 cm³/mol. The Morgan fingerprint density at radius 1 is 1.21 bits per heavy atom. The van der Waals surface area contributed by atoms with Gasteiger partial charge < -0.3 is 0 Å². The van der Waals surface area contributed by atoms with Gasteiger partial charge in [-0.2, -0.15) is 13.2 Å². The molecule has 9 heteroatoms. The van der Waals surface area contributed by atoms with Gasteiger partial charge in [0.25, 0.3) is 5.69 Å². The van der Waals surface area contributed by atoms with Crippen molar-refractivity contribution in [3.63, 3.8) is 0 Å². The molecular weight excluding hydrogens is 343 g/mol. The molecule has 3 rings (SSSR count). The molecule has 0 saturated heterocycles. The molecule has 0 fully saturated rings. The zero-order chi connectivity index (χ0) is 17.3. The summed E-state index contributed by atoms with van der Waals surface area (Å²) in [6, 6.07) is 9.17. The van der Waals surface area contributed by atoms with Crippen LogP contribution < -0.4 is 0 Å².